The highest BCUT2D eigenvalue weighted by Crippen LogP contribution is 1.98. The zero-order chi connectivity index (χ0) is 14.2. The van der Waals surface area contributed by atoms with Crippen molar-refractivity contribution in [3.05, 3.63) is 0 Å². The smallest absolute Gasteiger partial charge is 0.0522 e. The molecule has 1 rings (SSSR count). The van der Waals surface area contributed by atoms with Crippen molar-refractivity contribution in [1.29, 1.82) is 0 Å². The Kier molecular flexibility index (Phi) is 19.0. The van der Waals surface area contributed by atoms with Gasteiger partial charge in [-0.15, -0.1) is 0 Å². The van der Waals surface area contributed by atoms with Gasteiger partial charge in [0.15, 0.2) is 0 Å². The van der Waals surface area contributed by atoms with Gasteiger partial charge in [0, 0.05) is 13.2 Å². The number of hydrogen-bond acceptors (Lipinski definition) is 2. The summed E-state index contributed by atoms with van der Waals surface area (Å²) in [4.78, 5) is 0. The van der Waals surface area contributed by atoms with Gasteiger partial charge in [-0.25, -0.2) is 0 Å². The predicted molar refractivity (Wildman–Crippen MR) is 81.2 cm³/mol. The first-order valence-corrected chi connectivity index (χ1v) is 7.77. The van der Waals surface area contributed by atoms with Crippen molar-refractivity contribution < 1.29 is 9.47 Å². The summed E-state index contributed by atoms with van der Waals surface area (Å²) in [6, 6.07) is 0. The van der Waals surface area contributed by atoms with Crippen LogP contribution in [0.4, 0.5) is 0 Å². The molecule has 1 heterocycles. The van der Waals surface area contributed by atoms with E-state index in [1.165, 1.54) is 38.5 Å². The van der Waals surface area contributed by atoms with Crippen LogP contribution < -0.4 is 0 Å². The lowest BCUT2D eigenvalue weighted by Crippen LogP contribution is -2.09. The molecule has 0 atom stereocenters. The molecule has 0 unspecified atom stereocenters. The lowest BCUT2D eigenvalue weighted by Gasteiger charge is -2.09. The molecule has 18 heavy (non-hydrogen) atoms. The fourth-order valence-electron chi connectivity index (χ4n) is 1.55. The largest absolute Gasteiger partial charge is 0.381 e. The first-order valence-electron chi connectivity index (χ1n) is 7.77. The van der Waals surface area contributed by atoms with Crippen LogP contribution in [-0.2, 0) is 9.47 Å². The third-order valence-corrected chi connectivity index (χ3v) is 2.33. The molecule has 0 aliphatic carbocycles. The number of rotatable bonds is 5. The molecule has 112 valence electrons. The van der Waals surface area contributed by atoms with E-state index in [1.54, 1.807) is 0 Å². The maximum Gasteiger partial charge on any atom is 0.0522 e. The predicted octanol–water partition coefficient (Wildman–Crippen LogP) is 5.20. The molecule has 0 aromatic heterocycles. The normalized spacial score (nSPS) is 14.0. The van der Waals surface area contributed by atoms with E-state index >= 15 is 0 Å². The Labute approximate surface area is 115 Å². The van der Waals surface area contributed by atoms with Gasteiger partial charge < -0.3 is 9.47 Å². The van der Waals surface area contributed by atoms with Crippen LogP contribution in [0.5, 0.6) is 0 Å². The fourth-order valence-corrected chi connectivity index (χ4v) is 1.55. The average molecular weight is 260 g/mol. The maximum absolute atomic E-state index is 5.25. The van der Waals surface area contributed by atoms with Gasteiger partial charge >= 0.3 is 0 Å². The van der Waals surface area contributed by atoms with Crippen LogP contribution in [0.3, 0.4) is 0 Å². The van der Waals surface area contributed by atoms with Crippen molar-refractivity contribution in [2.24, 2.45) is 0 Å². The van der Waals surface area contributed by atoms with E-state index in [9.17, 15) is 0 Å². The van der Waals surface area contributed by atoms with Crippen LogP contribution in [0.2, 0.25) is 0 Å². The Hall–Kier alpha value is -0.0800. The molecular weight excluding hydrogens is 224 g/mol. The van der Waals surface area contributed by atoms with Crippen LogP contribution in [0, 0.1) is 0 Å². The molecule has 0 spiro atoms. The molecule has 0 bridgehead atoms. The number of hydrogen-bond donors (Lipinski definition) is 0. The minimum atomic E-state index is 0.375. The highest BCUT2D eigenvalue weighted by Gasteiger charge is 1.95. The molecule has 1 aliphatic rings. The van der Waals surface area contributed by atoms with Crippen molar-refractivity contribution in [2.75, 3.05) is 13.2 Å². The summed E-state index contributed by atoms with van der Waals surface area (Å²) in [5.41, 5.74) is 0. The van der Waals surface area contributed by atoms with Crippen LogP contribution >= 0.6 is 0 Å². The summed E-state index contributed by atoms with van der Waals surface area (Å²) >= 11 is 0. The number of ether oxygens (including phenoxy) is 2. The standard InChI is InChI=1S/C6H14O.C6H14.C4H8O/c1-5(2)7-6(3)4;1-3-5-6-4-2;1-2-4-5-3-1/h5-6H,1-4H3;3-6H2,1-2H3;1-4H2. The maximum atomic E-state index is 5.25. The third kappa shape index (κ3) is 24.9. The van der Waals surface area contributed by atoms with Gasteiger partial charge in [0.25, 0.3) is 0 Å². The Bertz CT molecular complexity index is 111. The fraction of sp³-hybridized carbons (Fsp3) is 1.00. The summed E-state index contributed by atoms with van der Waals surface area (Å²) < 4.78 is 10.2. The van der Waals surface area contributed by atoms with Crippen molar-refractivity contribution in [1.82, 2.24) is 0 Å². The van der Waals surface area contributed by atoms with E-state index < -0.39 is 0 Å². The molecule has 1 saturated heterocycles. The van der Waals surface area contributed by atoms with Crippen molar-refractivity contribution in [3.63, 3.8) is 0 Å². The van der Waals surface area contributed by atoms with Gasteiger partial charge in [-0.2, -0.15) is 0 Å². The third-order valence-electron chi connectivity index (χ3n) is 2.33. The molecule has 1 fully saturated rings. The van der Waals surface area contributed by atoms with Crippen molar-refractivity contribution in [3.8, 4) is 0 Å². The highest BCUT2D eigenvalue weighted by molar-refractivity contribution is 4.43. The second-order valence-electron chi connectivity index (χ2n) is 5.26. The molecule has 0 saturated carbocycles. The van der Waals surface area contributed by atoms with Gasteiger partial charge in [0.1, 0.15) is 0 Å². The zero-order valence-electron chi connectivity index (χ0n) is 13.6. The molecule has 2 heteroatoms. The number of unbranched alkanes of at least 4 members (excludes halogenated alkanes) is 3. The van der Waals surface area contributed by atoms with E-state index in [2.05, 4.69) is 13.8 Å². The van der Waals surface area contributed by atoms with Crippen LogP contribution in [0.25, 0.3) is 0 Å². The Morgan fingerprint density at radius 2 is 1.22 bits per heavy atom. The van der Waals surface area contributed by atoms with Gasteiger partial charge in [-0.05, 0) is 40.5 Å². The lowest BCUT2D eigenvalue weighted by molar-refractivity contribution is 0.0300. The van der Waals surface area contributed by atoms with E-state index in [1.807, 2.05) is 27.7 Å². The summed E-state index contributed by atoms with van der Waals surface area (Å²) in [6.45, 7) is 14.6. The van der Waals surface area contributed by atoms with E-state index in [0.29, 0.717) is 12.2 Å². The summed E-state index contributed by atoms with van der Waals surface area (Å²) in [5.74, 6) is 0. The molecule has 2 nitrogen and oxygen atoms in total. The Morgan fingerprint density at radius 3 is 1.33 bits per heavy atom. The van der Waals surface area contributed by atoms with Crippen molar-refractivity contribution in [2.45, 2.75) is 92.3 Å². The van der Waals surface area contributed by atoms with Gasteiger partial charge in [0.05, 0.1) is 12.2 Å². The molecule has 0 amide bonds. The summed E-state index contributed by atoms with van der Waals surface area (Å²) in [7, 11) is 0. The van der Waals surface area contributed by atoms with Crippen LogP contribution in [0.15, 0.2) is 0 Å². The second kappa shape index (κ2) is 16.9. The molecule has 1 aliphatic heterocycles. The first-order chi connectivity index (χ1) is 8.54. The van der Waals surface area contributed by atoms with E-state index in [4.69, 9.17) is 9.47 Å². The van der Waals surface area contributed by atoms with Crippen molar-refractivity contribution >= 4 is 0 Å². The van der Waals surface area contributed by atoms with Gasteiger partial charge in [0.2, 0.25) is 0 Å². The van der Waals surface area contributed by atoms with E-state index in [0.717, 1.165) is 13.2 Å². The summed E-state index contributed by atoms with van der Waals surface area (Å²) in [6.07, 6.45) is 8.84. The highest BCUT2D eigenvalue weighted by atomic mass is 16.5. The quantitative estimate of drug-likeness (QED) is 0.632. The Balaban J connectivity index is 0. The Morgan fingerprint density at radius 1 is 0.833 bits per heavy atom. The molecule has 0 aromatic rings. The minimum absolute atomic E-state index is 0.375. The molecule has 0 N–H and O–H groups in total. The first kappa shape index (κ1) is 20.2. The lowest BCUT2D eigenvalue weighted by atomic mass is 10.2. The van der Waals surface area contributed by atoms with Crippen LogP contribution in [-0.4, -0.2) is 25.4 Å². The summed E-state index contributed by atoms with van der Waals surface area (Å²) in [5, 5.41) is 0. The molecular formula is C16H36O2. The molecule has 0 aromatic carbocycles. The SMILES string of the molecule is C1CCOC1.CC(C)OC(C)C.CCCCCC. The minimum Gasteiger partial charge on any atom is -0.381 e. The van der Waals surface area contributed by atoms with Gasteiger partial charge in [-0.3, -0.25) is 0 Å². The monoisotopic (exact) mass is 260 g/mol. The van der Waals surface area contributed by atoms with E-state index in [-0.39, 0.29) is 0 Å². The topological polar surface area (TPSA) is 18.5 Å². The van der Waals surface area contributed by atoms with Crippen LogP contribution in [0.1, 0.15) is 80.1 Å². The molecule has 0 radical (unpaired) electrons. The second-order valence-corrected chi connectivity index (χ2v) is 5.26. The average Bonchev–Trinajstić information content (AvgIpc) is 2.83. The van der Waals surface area contributed by atoms with Gasteiger partial charge in [-0.1, -0.05) is 39.5 Å². The zero-order valence-corrected chi connectivity index (χ0v) is 13.6.